The number of nitrogens with one attached hydrogen (secondary N) is 1. The summed E-state index contributed by atoms with van der Waals surface area (Å²) in [7, 11) is -3.86. The topological polar surface area (TPSA) is 139 Å². The zero-order chi connectivity index (χ0) is 21.1. The van der Waals surface area contributed by atoms with E-state index in [0.717, 1.165) is 5.39 Å². The molecule has 0 aromatic carbocycles. The monoisotopic (exact) mass is 419 g/mol. The number of hydrogen-bond donors (Lipinski definition) is 1. The molecule has 4 heterocycles. The van der Waals surface area contributed by atoms with E-state index in [1.807, 2.05) is 6.07 Å². The summed E-state index contributed by atoms with van der Waals surface area (Å²) in [5.74, 6) is -0.282. The number of aromatic nitrogens is 3. The lowest BCUT2D eigenvalue weighted by Crippen LogP contribution is -2.22. The van der Waals surface area contributed by atoms with E-state index in [0.29, 0.717) is 11.3 Å². The number of nitrogens with zero attached hydrogens (tertiary/aromatic N) is 4. The van der Waals surface area contributed by atoms with Crippen LogP contribution in [-0.4, -0.2) is 29.3 Å². The van der Waals surface area contributed by atoms with Gasteiger partial charge < -0.3 is 9.73 Å². The molecule has 0 saturated carbocycles. The van der Waals surface area contributed by atoms with Crippen molar-refractivity contribution in [2.45, 2.75) is 16.5 Å². The van der Waals surface area contributed by atoms with E-state index in [1.165, 1.54) is 42.9 Å². The third kappa shape index (κ3) is 3.74. The molecular weight excluding hydrogens is 406 g/mol. The van der Waals surface area contributed by atoms with Crippen LogP contribution in [0.2, 0.25) is 0 Å². The van der Waals surface area contributed by atoms with E-state index < -0.39 is 15.7 Å². The molecule has 4 aromatic rings. The number of nitriles is 1. The van der Waals surface area contributed by atoms with E-state index in [-0.39, 0.29) is 27.8 Å². The molecule has 1 N–H and O–H groups in total. The van der Waals surface area contributed by atoms with Crippen LogP contribution in [0.4, 0.5) is 0 Å². The van der Waals surface area contributed by atoms with Crippen molar-refractivity contribution in [3.63, 3.8) is 0 Å². The molecule has 0 fully saturated rings. The van der Waals surface area contributed by atoms with Crippen molar-refractivity contribution in [3.05, 3.63) is 78.2 Å². The first-order valence-electron chi connectivity index (χ1n) is 8.65. The minimum Gasteiger partial charge on any atom is -0.449 e. The van der Waals surface area contributed by atoms with Gasteiger partial charge in [-0.15, -0.1) is 0 Å². The molecule has 10 heteroatoms. The molecule has 0 aliphatic heterocycles. The highest BCUT2D eigenvalue weighted by Gasteiger charge is 2.20. The third-order valence-electron chi connectivity index (χ3n) is 4.23. The maximum absolute atomic E-state index is 12.6. The molecule has 0 aliphatic rings. The number of pyridine rings is 3. The number of furan rings is 1. The smallest absolute Gasteiger partial charge is 0.287 e. The molecule has 9 nitrogen and oxygen atoms in total. The van der Waals surface area contributed by atoms with Crippen LogP contribution in [-0.2, 0) is 16.4 Å². The van der Waals surface area contributed by atoms with Crippen molar-refractivity contribution >= 4 is 26.7 Å². The minimum atomic E-state index is -3.86. The molecule has 30 heavy (non-hydrogen) atoms. The summed E-state index contributed by atoms with van der Waals surface area (Å²) in [6.45, 7) is 0.0869. The Hall–Kier alpha value is -4.10. The lowest BCUT2D eigenvalue weighted by atomic mass is 10.3. The minimum absolute atomic E-state index is 0.0421. The highest BCUT2D eigenvalue weighted by atomic mass is 32.2. The van der Waals surface area contributed by atoms with Crippen molar-refractivity contribution in [3.8, 4) is 6.07 Å². The Morgan fingerprint density at radius 1 is 1.10 bits per heavy atom. The Bertz CT molecular complexity index is 1340. The predicted molar refractivity (Wildman–Crippen MR) is 104 cm³/mol. The quantitative estimate of drug-likeness (QED) is 0.520. The number of sulfone groups is 1. The van der Waals surface area contributed by atoms with Crippen LogP contribution < -0.4 is 5.32 Å². The predicted octanol–water partition coefficient (Wildman–Crippen LogP) is 2.25. The highest BCUT2D eigenvalue weighted by Crippen LogP contribution is 2.19. The third-order valence-corrected chi connectivity index (χ3v) is 5.88. The number of hydrogen-bond acceptors (Lipinski definition) is 8. The van der Waals surface area contributed by atoms with Gasteiger partial charge in [0.15, 0.2) is 16.4 Å². The summed E-state index contributed by atoms with van der Waals surface area (Å²) in [6.07, 6.45) is 5.52. The molecular formula is C20H13N5O4S. The van der Waals surface area contributed by atoms with Crippen LogP contribution in [0.5, 0.6) is 0 Å². The average Bonchev–Trinajstić information content (AvgIpc) is 3.22. The largest absolute Gasteiger partial charge is 0.449 e. The molecule has 0 radical (unpaired) electrons. The fourth-order valence-electron chi connectivity index (χ4n) is 2.65. The molecule has 0 unspecified atom stereocenters. The van der Waals surface area contributed by atoms with Crippen LogP contribution in [0.1, 0.15) is 21.8 Å². The van der Waals surface area contributed by atoms with Gasteiger partial charge >= 0.3 is 0 Å². The Morgan fingerprint density at radius 2 is 1.97 bits per heavy atom. The summed E-state index contributed by atoms with van der Waals surface area (Å²) >= 11 is 0. The van der Waals surface area contributed by atoms with Crippen molar-refractivity contribution in [1.29, 1.82) is 5.26 Å². The fourth-order valence-corrected chi connectivity index (χ4v) is 3.77. The number of fused-ring (bicyclic) bond motifs is 1. The summed E-state index contributed by atoms with van der Waals surface area (Å²) in [5, 5.41) is 12.0. The second kappa shape index (κ2) is 7.73. The van der Waals surface area contributed by atoms with Crippen molar-refractivity contribution in [1.82, 2.24) is 20.3 Å². The lowest BCUT2D eigenvalue weighted by Gasteiger charge is -2.06. The van der Waals surface area contributed by atoms with Gasteiger partial charge in [-0.2, -0.15) is 5.26 Å². The number of carbonyl (C=O) groups excluding carboxylic acids is 1. The first-order valence-corrected chi connectivity index (χ1v) is 10.1. The molecule has 4 aromatic heterocycles. The average molecular weight is 419 g/mol. The van der Waals surface area contributed by atoms with E-state index in [2.05, 4.69) is 20.3 Å². The van der Waals surface area contributed by atoms with Gasteiger partial charge in [0.05, 0.1) is 28.9 Å². The van der Waals surface area contributed by atoms with Gasteiger partial charge in [-0.05, 0) is 36.4 Å². The van der Waals surface area contributed by atoms with E-state index in [4.69, 9.17) is 9.68 Å². The van der Waals surface area contributed by atoms with Gasteiger partial charge in [0, 0.05) is 24.0 Å². The maximum atomic E-state index is 12.6. The van der Waals surface area contributed by atoms with Gasteiger partial charge in [-0.1, -0.05) is 0 Å². The highest BCUT2D eigenvalue weighted by molar-refractivity contribution is 7.91. The Kier molecular flexibility index (Phi) is 4.95. The molecule has 0 spiro atoms. The Labute approximate surface area is 171 Å². The van der Waals surface area contributed by atoms with E-state index in [1.54, 1.807) is 18.3 Å². The number of rotatable bonds is 5. The van der Waals surface area contributed by atoms with Crippen LogP contribution >= 0.6 is 0 Å². The van der Waals surface area contributed by atoms with E-state index in [9.17, 15) is 13.2 Å². The number of carbonyl (C=O) groups is 1. The van der Waals surface area contributed by atoms with E-state index >= 15 is 0 Å². The first-order chi connectivity index (χ1) is 14.5. The standard InChI is InChI=1S/C20H13N5O4S/c21-8-13-1-4-19(24-9-13)30(27,28)16-3-2-15(23-11-16)10-25-20(26)17-7-14-5-6-22-12-18(14)29-17/h1-7,9,11-12H,10H2,(H,25,26). The Morgan fingerprint density at radius 3 is 2.63 bits per heavy atom. The van der Waals surface area contributed by atoms with Crippen molar-refractivity contribution < 1.29 is 17.6 Å². The van der Waals surface area contributed by atoms with Gasteiger partial charge in [0.2, 0.25) is 9.84 Å². The summed E-state index contributed by atoms with van der Waals surface area (Å²) < 4.78 is 30.7. The molecule has 0 bridgehead atoms. The molecule has 4 rings (SSSR count). The summed E-state index contributed by atoms with van der Waals surface area (Å²) in [4.78, 5) is 24.1. The van der Waals surface area contributed by atoms with Crippen LogP contribution in [0.25, 0.3) is 11.0 Å². The first kappa shape index (κ1) is 19.2. The molecule has 0 aliphatic carbocycles. The van der Waals surface area contributed by atoms with Gasteiger partial charge in [0.25, 0.3) is 5.91 Å². The zero-order valence-electron chi connectivity index (χ0n) is 15.3. The molecule has 0 saturated heterocycles. The molecule has 1 amide bonds. The van der Waals surface area contributed by atoms with Gasteiger partial charge in [0.1, 0.15) is 6.07 Å². The lowest BCUT2D eigenvalue weighted by molar-refractivity contribution is 0.0925. The van der Waals surface area contributed by atoms with Crippen LogP contribution in [0.3, 0.4) is 0 Å². The van der Waals surface area contributed by atoms with Gasteiger partial charge in [-0.25, -0.2) is 13.4 Å². The summed E-state index contributed by atoms with van der Waals surface area (Å²) in [6, 6.07) is 10.8. The SMILES string of the molecule is N#Cc1ccc(S(=O)(=O)c2ccc(CNC(=O)c3cc4ccncc4o3)nc2)nc1. The number of amides is 1. The molecule has 148 valence electrons. The fraction of sp³-hybridized carbons (Fsp3) is 0.0500. The van der Waals surface area contributed by atoms with Crippen LogP contribution in [0.15, 0.2) is 75.5 Å². The van der Waals surface area contributed by atoms with Crippen LogP contribution in [0, 0.1) is 11.3 Å². The molecule has 0 atom stereocenters. The van der Waals surface area contributed by atoms with Gasteiger partial charge in [-0.3, -0.25) is 14.8 Å². The second-order valence-corrected chi connectivity index (χ2v) is 8.09. The van der Waals surface area contributed by atoms with Crippen molar-refractivity contribution in [2.75, 3.05) is 0 Å². The Balaban J connectivity index is 1.45. The second-order valence-electron chi connectivity index (χ2n) is 6.19. The zero-order valence-corrected chi connectivity index (χ0v) is 16.1. The normalized spacial score (nSPS) is 11.2. The maximum Gasteiger partial charge on any atom is 0.287 e. The summed E-state index contributed by atoms with van der Waals surface area (Å²) in [5.41, 5.74) is 1.23. The van der Waals surface area contributed by atoms with Crippen molar-refractivity contribution in [2.24, 2.45) is 0 Å².